The molecule has 118 valence electrons. The summed E-state index contributed by atoms with van der Waals surface area (Å²) in [6.45, 7) is 2.84. The maximum Gasteiger partial charge on any atom is 0.281 e. The quantitative estimate of drug-likeness (QED) is 0.714. The van der Waals surface area contributed by atoms with Crippen LogP contribution in [0.4, 0.5) is 0 Å². The molecule has 2 heterocycles. The summed E-state index contributed by atoms with van der Waals surface area (Å²) in [5.41, 5.74) is 0. The van der Waals surface area contributed by atoms with Crippen LogP contribution in [0.15, 0.2) is 0 Å². The second-order valence-corrected chi connectivity index (χ2v) is 8.43. The van der Waals surface area contributed by atoms with Crippen molar-refractivity contribution in [1.29, 1.82) is 0 Å². The molecular weight excluding hydrogens is 298 g/mol. The van der Waals surface area contributed by atoms with Gasteiger partial charge >= 0.3 is 0 Å². The van der Waals surface area contributed by atoms with Crippen LogP contribution in [0.3, 0.4) is 0 Å². The van der Waals surface area contributed by atoms with E-state index in [1.807, 2.05) is 0 Å². The van der Waals surface area contributed by atoms with Crippen LogP contribution in [0.5, 0.6) is 0 Å². The SMILES string of the molecule is CN1CCCC1CN(C)S(=O)(=O)N1CCCC(CCl)C1. The smallest absolute Gasteiger partial charge is 0.281 e. The molecule has 20 heavy (non-hydrogen) atoms. The molecule has 2 fully saturated rings. The van der Waals surface area contributed by atoms with Crippen molar-refractivity contribution in [3.05, 3.63) is 0 Å². The highest BCUT2D eigenvalue weighted by molar-refractivity contribution is 7.86. The van der Waals surface area contributed by atoms with E-state index in [4.69, 9.17) is 11.6 Å². The summed E-state index contributed by atoms with van der Waals surface area (Å²) in [6.07, 6.45) is 4.19. The van der Waals surface area contributed by atoms with Gasteiger partial charge in [0.2, 0.25) is 0 Å². The number of likely N-dealkylation sites (N-methyl/N-ethyl adjacent to an activating group) is 2. The molecule has 0 bridgehead atoms. The van der Waals surface area contributed by atoms with Crippen LogP contribution in [0.2, 0.25) is 0 Å². The fraction of sp³-hybridized carbons (Fsp3) is 1.00. The number of likely N-dealkylation sites (tertiary alicyclic amines) is 1. The summed E-state index contributed by atoms with van der Waals surface area (Å²) in [6, 6.07) is 0.350. The summed E-state index contributed by atoms with van der Waals surface area (Å²) in [5, 5.41) is 0. The van der Waals surface area contributed by atoms with Crippen LogP contribution < -0.4 is 0 Å². The second-order valence-electron chi connectivity index (χ2n) is 6.09. The lowest BCUT2D eigenvalue weighted by molar-refractivity contribution is 0.240. The molecule has 0 spiro atoms. The average molecular weight is 324 g/mol. The van der Waals surface area contributed by atoms with Crippen molar-refractivity contribution >= 4 is 21.8 Å². The predicted molar refractivity (Wildman–Crippen MR) is 82.2 cm³/mol. The van der Waals surface area contributed by atoms with Gasteiger partial charge in [-0.05, 0) is 45.2 Å². The largest absolute Gasteiger partial charge is 0.302 e. The number of nitrogens with zero attached hydrogens (tertiary/aromatic N) is 3. The van der Waals surface area contributed by atoms with E-state index < -0.39 is 10.2 Å². The van der Waals surface area contributed by atoms with Gasteiger partial charge in [-0.15, -0.1) is 11.6 Å². The van der Waals surface area contributed by atoms with Crippen molar-refractivity contribution in [2.24, 2.45) is 5.92 Å². The number of halogens is 1. The maximum absolute atomic E-state index is 12.6. The van der Waals surface area contributed by atoms with Crippen LogP contribution in [-0.2, 0) is 10.2 Å². The molecule has 0 aliphatic carbocycles. The highest BCUT2D eigenvalue weighted by atomic mass is 35.5. The highest BCUT2D eigenvalue weighted by Gasteiger charge is 2.33. The van der Waals surface area contributed by atoms with Crippen molar-refractivity contribution in [2.75, 3.05) is 46.2 Å². The molecule has 2 atom stereocenters. The van der Waals surface area contributed by atoms with E-state index in [0.717, 1.165) is 32.2 Å². The third kappa shape index (κ3) is 3.65. The molecule has 0 saturated carbocycles. The molecule has 0 amide bonds. The molecule has 0 radical (unpaired) electrons. The minimum Gasteiger partial charge on any atom is -0.302 e. The van der Waals surface area contributed by atoms with E-state index in [-0.39, 0.29) is 0 Å². The van der Waals surface area contributed by atoms with Crippen LogP contribution in [-0.4, -0.2) is 74.1 Å². The Balaban J connectivity index is 1.97. The van der Waals surface area contributed by atoms with Gasteiger partial charge in [-0.3, -0.25) is 0 Å². The van der Waals surface area contributed by atoms with Crippen molar-refractivity contribution in [2.45, 2.75) is 31.7 Å². The Kier molecular flexibility index (Phi) is 5.71. The lowest BCUT2D eigenvalue weighted by Gasteiger charge is -2.35. The molecule has 0 aromatic rings. The number of alkyl halides is 1. The van der Waals surface area contributed by atoms with Gasteiger partial charge in [0.15, 0.2) is 0 Å². The van der Waals surface area contributed by atoms with E-state index in [1.165, 1.54) is 4.31 Å². The van der Waals surface area contributed by atoms with Crippen LogP contribution in [0.1, 0.15) is 25.7 Å². The standard InChI is InChI=1S/C13H26ClN3O2S/c1-15-7-4-6-13(15)11-16(2)20(18,19)17-8-3-5-12(9-14)10-17/h12-13H,3-11H2,1-2H3. The molecule has 7 heteroatoms. The van der Waals surface area contributed by atoms with Gasteiger partial charge in [-0.2, -0.15) is 17.0 Å². The van der Waals surface area contributed by atoms with Crippen molar-refractivity contribution in [3.8, 4) is 0 Å². The van der Waals surface area contributed by atoms with Gasteiger partial charge < -0.3 is 4.90 Å². The first-order valence-corrected chi connectivity index (χ1v) is 9.36. The number of hydrogen-bond acceptors (Lipinski definition) is 3. The second kappa shape index (κ2) is 6.92. The van der Waals surface area contributed by atoms with Crippen molar-refractivity contribution in [1.82, 2.24) is 13.5 Å². The summed E-state index contributed by atoms with van der Waals surface area (Å²) < 4.78 is 28.4. The Morgan fingerprint density at radius 1 is 1.25 bits per heavy atom. The monoisotopic (exact) mass is 323 g/mol. The topological polar surface area (TPSA) is 43.9 Å². The highest BCUT2D eigenvalue weighted by Crippen LogP contribution is 2.23. The molecule has 0 aromatic heterocycles. The molecule has 0 N–H and O–H groups in total. The van der Waals surface area contributed by atoms with Crippen LogP contribution in [0, 0.1) is 5.92 Å². The van der Waals surface area contributed by atoms with E-state index >= 15 is 0 Å². The molecule has 5 nitrogen and oxygen atoms in total. The molecule has 2 aliphatic heterocycles. The fourth-order valence-corrected chi connectivity index (χ4v) is 4.93. The lowest BCUT2D eigenvalue weighted by Crippen LogP contribution is -2.49. The molecule has 2 saturated heterocycles. The number of piperidine rings is 1. The predicted octanol–water partition coefficient (Wildman–Crippen LogP) is 1.21. The van der Waals surface area contributed by atoms with Gasteiger partial charge in [-0.1, -0.05) is 0 Å². The van der Waals surface area contributed by atoms with E-state index in [1.54, 1.807) is 11.4 Å². The maximum atomic E-state index is 12.6. The van der Waals surface area contributed by atoms with E-state index in [2.05, 4.69) is 11.9 Å². The Morgan fingerprint density at radius 2 is 1.95 bits per heavy atom. The van der Waals surface area contributed by atoms with Crippen molar-refractivity contribution in [3.63, 3.8) is 0 Å². The first-order valence-electron chi connectivity index (χ1n) is 7.42. The van der Waals surface area contributed by atoms with Gasteiger partial charge in [0.25, 0.3) is 10.2 Å². The van der Waals surface area contributed by atoms with E-state index in [9.17, 15) is 8.42 Å². The lowest BCUT2D eigenvalue weighted by atomic mass is 10.0. The van der Waals surface area contributed by atoms with Crippen molar-refractivity contribution < 1.29 is 8.42 Å². The third-order valence-electron chi connectivity index (χ3n) is 4.56. The fourth-order valence-electron chi connectivity index (χ4n) is 3.16. The summed E-state index contributed by atoms with van der Waals surface area (Å²) in [5.74, 6) is 0.837. The van der Waals surface area contributed by atoms with Crippen LogP contribution in [0.25, 0.3) is 0 Å². The summed E-state index contributed by atoms with van der Waals surface area (Å²) in [7, 11) is 0.438. The molecule has 2 unspecified atom stereocenters. The minimum absolute atomic E-state index is 0.294. The molecular formula is C13H26ClN3O2S. The molecule has 2 rings (SSSR count). The molecule has 2 aliphatic rings. The van der Waals surface area contributed by atoms with Gasteiger partial charge in [-0.25, -0.2) is 0 Å². The first kappa shape index (κ1) is 16.5. The Bertz CT molecular complexity index is 418. The Hall–Kier alpha value is 0.120. The zero-order chi connectivity index (χ0) is 14.8. The molecule has 0 aromatic carbocycles. The Morgan fingerprint density at radius 3 is 2.55 bits per heavy atom. The van der Waals surface area contributed by atoms with Gasteiger partial charge in [0.05, 0.1) is 0 Å². The number of hydrogen-bond donors (Lipinski definition) is 0. The zero-order valence-corrected chi connectivity index (χ0v) is 14.0. The van der Waals surface area contributed by atoms with E-state index in [0.29, 0.717) is 37.5 Å². The average Bonchev–Trinajstić information content (AvgIpc) is 2.84. The van der Waals surface area contributed by atoms with Gasteiger partial charge in [0, 0.05) is 38.6 Å². The summed E-state index contributed by atoms with van der Waals surface area (Å²) in [4.78, 5) is 2.25. The Labute approximate surface area is 128 Å². The van der Waals surface area contributed by atoms with Gasteiger partial charge in [0.1, 0.15) is 0 Å². The zero-order valence-electron chi connectivity index (χ0n) is 12.5. The normalized spacial score (nSPS) is 30.2. The third-order valence-corrected chi connectivity index (χ3v) is 6.92. The first-order chi connectivity index (χ1) is 9.45. The minimum atomic E-state index is -3.33. The summed E-state index contributed by atoms with van der Waals surface area (Å²) >= 11 is 5.89. The number of rotatable bonds is 5. The van der Waals surface area contributed by atoms with Crippen LogP contribution >= 0.6 is 11.6 Å².